The van der Waals surface area contributed by atoms with Crippen molar-refractivity contribution in [3.8, 4) is 0 Å². The van der Waals surface area contributed by atoms with Crippen LogP contribution in [0.15, 0.2) is 0 Å². The molecule has 0 saturated heterocycles. The van der Waals surface area contributed by atoms with Gasteiger partial charge in [-0.2, -0.15) is 0 Å². The van der Waals surface area contributed by atoms with Gasteiger partial charge < -0.3 is 5.73 Å². The van der Waals surface area contributed by atoms with E-state index in [1.807, 2.05) is 0 Å². The topological polar surface area (TPSA) is 43.1 Å². The minimum absolute atomic E-state index is 0.126. The Labute approximate surface area is 173 Å². The van der Waals surface area contributed by atoms with E-state index < -0.39 is 0 Å². The number of nitrogens with two attached hydrogens (primary N) is 1. The lowest BCUT2D eigenvalue weighted by molar-refractivity contribution is -0.135. The lowest BCUT2D eigenvalue weighted by Gasteiger charge is -2.62. The number of carbonyl (C=O) groups is 1. The number of hydrogen-bond donors (Lipinski definition) is 1. The highest BCUT2D eigenvalue weighted by atomic mass is 16.1. The average Bonchev–Trinajstić information content (AvgIpc) is 3.00. The SMILES string of the molecule is CC[C@H]1C[C@H]2C3CCC(CCCCC(N)=O)C3(C)CCC2C2(C)CCCCC12. The molecule has 4 aliphatic rings. The number of primary amides is 1. The Hall–Kier alpha value is -0.530. The van der Waals surface area contributed by atoms with E-state index >= 15 is 0 Å². The quantitative estimate of drug-likeness (QED) is 0.505. The monoisotopic (exact) mass is 387 g/mol. The van der Waals surface area contributed by atoms with Gasteiger partial charge in [0.2, 0.25) is 5.91 Å². The summed E-state index contributed by atoms with van der Waals surface area (Å²) in [4.78, 5) is 11.1. The fraction of sp³-hybridized carbons (Fsp3) is 0.962. The number of rotatable bonds is 6. The molecule has 0 aromatic heterocycles. The van der Waals surface area contributed by atoms with Gasteiger partial charge in [0.15, 0.2) is 0 Å². The van der Waals surface area contributed by atoms with Crippen LogP contribution in [0.4, 0.5) is 0 Å². The summed E-state index contributed by atoms with van der Waals surface area (Å²) < 4.78 is 0. The van der Waals surface area contributed by atoms with Gasteiger partial charge in [0, 0.05) is 6.42 Å². The summed E-state index contributed by atoms with van der Waals surface area (Å²) >= 11 is 0. The van der Waals surface area contributed by atoms with E-state index in [9.17, 15) is 4.79 Å². The molecule has 0 aliphatic heterocycles. The largest absolute Gasteiger partial charge is 0.370 e. The molecule has 0 bridgehead atoms. The maximum atomic E-state index is 11.1. The van der Waals surface area contributed by atoms with Crippen LogP contribution in [0.5, 0.6) is 0 Å². The summed E-state index contributed by atoms with van der Waals surface area (Å²) in [5.41, 5.74) is 6.56. The molecule has 2 N–H and O–H groups in total. The van der Waals surface area contributed by atoms with Crippen LogP contribution in [0, 0.1) is 46.3 Å². The number of carbonyl (C=O) groups excluding carboxylic acids is 1. The molecule has 160 valence electrons. The smallest absolute Gasteiger partial charge is 0.217 e. The van der Waals surface area contributed by atoms with E-state index in [0.717, 1.165) is 41.9 Å². The summed E-state index contributed by atoms with van der Waals surface area (Å²) in [7, 11) is 0. The van der Waals surface area contributed by atoms with Gasteiger partial charge in [0.1, 0.15) is 0 Å². The number of hydrogen-bond acceptors (Lipinski definition) is 1. The predicted octanol–water partition coefficient (Wildman–Crippen LogP) is 6.72. The molecule has 1 amide bonds. The molecule has 0 spiro atoms. The van der Waals surface area contributed by atoms with Crippen molar-refractivity contribution >= 4 is 5.91 Å². The van der Waals surface area contributed by atoms with Crippen molar-refractivity contribution in [2.75, 3.05) is 0 Å². The van der Waals surface area contributed by atoms with Crippen molar-refractivity contribution in [1.29, 1.82) is 0 Å². The minimum atomic E-state index is -0.126. The van der Waals surface area contributed by atoms with Gasteiger partial charge in [-0.1, -0.05) is 46.5 Å². The van der Waals surface area contributed by atoms with Crippen molar-refractivity contribution < 1.29 is 4.79 Å². The molecule has 0 aromatic rings. The summed E-state index contributed by atoms with van der Waals surface area (Å²) in [6.07, 6.45) is 18.9. The van der Waals surface area contributed by atoms with E-state index in [0.29, 0.717) is 17.3 Å². The van der Waals surface area contributed by atoms with Gasteiger partial charge in [-0.05, 0) is 104 Å². The zero-order valence-electron chi connectivity index (χ0n) is 18.8. The zero-order chi connectivity index (χ0) is 19.9. The van der Waals surface area contributed by atoms with E-state index in [4.69, 9.17) is 5.73 Å². The highest BCUT2D eigenvalue weighted by Crippen LogP contribution is 2.69. The summed E-state index contributed by atoms with van der Waals surface area (Å²) in [5.74, 6) is 5.75. The first kappa shape index (κ1) is 20.7. The Morgan fingerprint density at radius 3 is 2.46 bits per heavy atom. The Morgan fingerprint density at radius 2 is 1.71 bits per heavy atom. The standard InChI is InChI=1S/C26H45NO/c1-4-18-17-20-22-13-12-19(9-5-6-11-24(27)28)25(22,2)16-14-23(20)26(3)15-8-7-10-21(18)26/h18-23H,4-17H2,1-3H3,(H2,27,28)/t18-,19?,20-,21?,22?,23?,25?,26?/m0/s1. The van der Waals surface area contributed by atoms with Crippen LogP contribution in [-0.4, -0.2) is 5.91 Å². The summed E-state index contributed by atoms with van der Waals surface area (Å²) in [6.45, 7) is 7.85. The second-order valence-corrected chi connectivity index (χ2v) is 11.7. The Kier molecular flexibility index (Phi) is 5.89. The fourth-order valence-corrected chi connectivity index (χ4v) is 9.29. The molecule has 4 aliphatic carbocycles. The van der Waals surface area contributed by atoms with Gasteiger partial charge in [-0.3, -0.25) is 4.79 Å². The minimum Gasteiger partial charge on any atom is -0.370 e. The fourth-order valence-electron chi connectivity index (χ4n) is 9.29. The van der Waals surface area contributed by atoms with Crippen LogP contribution < -0.4 is 5.73 Å². The van der Waals surface area contributed by atoms with Crippen molar-refractivity contribution in [2.45, 2.75) is 111 Å². The summed E-state index contributed by atoms with van der Waals surface area (Å²) in [5, 5.41) is 0. The maximum absolute atomic E-state index is 11.1. The highest BCUT2D eigenvalue weighted by molar-refractivity contribution is 5.73. The second-order valence-electron chi connectivity index (χ2n) is 11.7. The molecule has 28 heavy (non-hydrogen) atoms. The third-order valence-corrected chi connectivity index (χ3v) is 10.7. The lowest BCUT2D eigenvalue weighted by Crippen LogP contribution is -2.55. The van der Waals surface area contributed by atoms with Crippen LogP contribution in [0.25, 0.3) is 0 Å². The van der Waals surface area contributed by atoms with Crippen LogP contribution in [-0.2, 0) is 4.79 Å². The first-order chi connectivity index (χ1) is 13.4. The second kappa shape index (κ2) is 7.95. The first-order valence-electron chi connectivity index (χ1n) is 12.7. The van der Waals surface area contributed by atoms with E-state index in [-0.39, 0.29) is 5.91 Å². The van der Waals surface area contributed by atoms with E-state index in [1.165, 1.54) is 77.0 Å². The molecule has 8 atom stereocenters. The third-order valence-electron chi connectivity index (χ3n) is 10.7. The predicted molar refractivity (Wildman–Crippen MR) is 117 cm³/mol. The van der Waals surface area contributed by atoms with Crippen molar-refractivity contribution in [1.82, 2.24) is 0 Å². The molecule has 0 heterocycles. The van der Waals surface area contributed by atoms with Gasteiger partial charge in [-0.25, -0.2) is 0 Å². The number of fused-ring (bicyclic) bond motifs is 5. The van der Waals surface area contributed by atoms with Gasteiger partial charge in [0.25, 0.3) is 0 Å². The normalized spacial score (nSPS) is 47.8. The number of amides is 1. The number of unbranched alkanes of at least 4 members (excludes halogenated alkanes) is 1. The van der Waals surface area contributed by atoms with Crippen LogP contribution in [0.3, 0.4) is 0 Å². The van der Waals surface area contributed by atoms with Gasteiger partial charge in [-0.15, -0.1) is 0 Å². The van der Waals surface area contributed by atoms with Crippen LogP contribution in [0.1, 0.15) is 111 Å². The van der Waals surface area contributed by atoms with Crippen LogP contribution >= 0.6 is 0 Å². The van der Waals surface area contributed by atoms with E-state index in [1.54, 1.807) is 0 Å². The van der Waals surface area contributed by atoms with Crippen molar-refractivity contribution in [3.63, 3.8) is 0 Å². The molecule has 6 unspecified atom stereocenters. The molecule has 2 heteroatoms. The molecule has 0 radical (unpaired) electrons. The third kappa shape index (κ3) is 3.35. The molecular formula is C26H45NO. The van der Waals surface area contributed by atoms with Gasteiger partial charge >= 0.3 is 0 Å². The first-order valence-corrected chi connectivity index (χ1v) is 12.7. The maximum Gasteiger partial charge on any atom is 0.217 e. The molecule has 4 rings (SSSR count). The van der Waals surface area contributed by atoms with Crippen molar-refractivity contribution in [3.05, 3.63) is 0 Å². The average molecular weight is 388 g/mol. The highest BCUT2D eigenvalue weighted by Gasteiger charge is 2.60. The summed E-state index contributed by atoms with van der Waals surface area (Å²) in [6, 6.07) is 0. The Bertz CT molecular complexity index is 573. The molecule has 4 fully saturated rings. The van der Waals surface area contributed by atoms with Crippen molar-refractivity contribution in [2.24, 2.45) is 52.1 Å². The Morgan fingerprint density at radius 1 is 0.929 bits per heavy atom. The van der Waals surface area contributed by atoms with E-state index in [2.05, 4.69) is 20.8 Å². The molecule has 4 saturated carbocycles. The molecular weight excluding hydrogens is 342 g/mol. The molecule has 0 aromatic carbocycles. The van der Waals surface area contributed by atoms with Gasteiger partial charge in [0.05, 0.1) is 0 Å². The zero-order valence-corrected chi connectivity index (χ0v) is 18.8. The van der Waals surface area contributed by atoms with Crippen LogP contribution in [0.2, 0.25) is 0 Å². The lowest BCUT2D eigenvalue weighted by atomic mass is 9.42. The Balaban J connectivity index is 1.49. The molecule has 2 nitrogen and oxygen atoms in total.